The van der Waals surface area contributed by atoms with Crippen molar-refractivity contribution in [1.29, 1.82) is 5.41 Å². The summed E-state index contributed by atoms with van der Waals surface area (Å²) in [5.41, 5.74) is 5.08. The number of ether oxygens (including phenoxy) is 2. The summed E-state index contributed by atoms with van der Waals surface area (Å²) in [6.07, 6.45) is 3.76. The zero-order valence-corrected chi connectivity index (χ0v) is 17.9. The minimum absolute atomic E-state index is 0.432. The summed E-state index contributed by atoms with van der Waals surface area (Å²) in [6.45, 7) is 2.16. The molecule has 0 unspecified atom stereocenters. The molecule has 0 aromatic heterocycles. The predicted molar refractivity (Wildman–Crippen MR) is 123 cm³/mol. The molecule has 2 aromatic rings. The number of piperidine rings is 1. The molecule has 2 aromatic carbocycles. The first-order chi connectivity index (χ1) is 15.2. The van der Waals surface area contributed by atoms with Gasteiger partial charge in [-0.1, -0.05) is 6.07 Å². The van der Waals surface area contributed by atoms with E-state index in [1.165, 1.54) is 24.9 Å². The Balaban J connectivity index is 1.76. The van der Waals surface area contributed by atoms with Crippen LogP contribution in [0.15, 0.2) is 59.0 Å². The van der Waals surface area contributed by atoms with Gasteiger partial charge >= 0.3 is 0 Å². The van der Waals surface area contributed by atoms with Gasteiger partial charge in [0.25, 0.3) is 0 Å². The lowest BCUT2D eigenvalue weighted by Gasteiger charge is -2.29. The third-order valence-electron chi connectivity index (χ3n) is 6.10. The largest absolute Gasteiger partial charge is 0.493 e. The average Bonchev–Trinajstić information content (AvgIpc) is 2.82. The molecular weight excluding hydrogens is 388 g/mol. The number of nitrogens with one attached hydrogen (secondary N) is 1. The second-order valence-corrected chi connectivity index (χ2v) is 7.99. The van der Waals surface area contributed by atoms with E-state index in [4.69, 9.17) is 19.3 Å². The van der Waals surface area contributed by atoms with Crippen molar-refractivity contribution >= 4 is 16.7 Å². The number of anilines is 1. The fourth-order valence-electron chi connectivity index (χ4n) is 4.53. The minimum atomic E-state index is 0.432. The lowest BCUT2D eigenvalue weighted by molar-refractivity contribution is 0.355. The second-order valence-electron chi connectivity index (χ2n) is 7.99. The number of fused-ring (bicyclic) bond motifs is 2. The van der Waals surface area contributed by atoms with E-state index in [1.807, 2.05) is 24.3 Å². The molecule has 0 radical (unpaired) electrons. The van der Waals surface area contributed by atoms with Crippen LogP contribution in [0.2, 0.25) is 0 Å². The number of hydrogen-bond donors (Lipinski definition) is 1. The van der Waals surface area contributed by atoms with Gasteiger partial charge in [0.15, 0.2) is 11.5 Å². The van der Waals surface area contributed by atoms with Gasteiger partial charge in [-0.3, -0.25) is 0 Å². The summed E-state index contributed by atoms with van der Waals surface area (Å²) >= 11 is 0. The van der Waals surface area contributed by atoms with Gasteiger partial charge in [-0.05, 0) is 61.2 Å². The number of rotatable bonds is 4. The molecule has 1 fully saturated rings. The Kier molecular flexibility index (Phi) is 5.02. The predicted octanol–water partition coefficient (Wildman–Crippen LogP) is 5.69. The molecule has 0 saturated carbocycles. The van der Waals surface area contributed by atoms with E-state index >= 15 is 0 Å². The maximum absolute atomic E-state index is 8.08. The Morgan fingerprint density at radius 2 is 1.65 bits per heavy atom. The van der Waals surface area contributed by atoms with Crippen LogP contribution >= 0.6 is 0 Å². The maximum Gasteiger partial charge on any atom is 0.161 e. The van der Waals surface area contributed by atoms with Crippen LogP contribution in [0.4, 0.5) is 5.69 Å². The van der Waals surface area contributed by atoms with Crippen molar-refractivity contribution in [3.63, 3.8) is 0 Å². The normalized spacial score (nSPS) is 14.2. The molecule has 3 aliphatic rings. The lowest BCUT2D eigenvalue weighted by Crippen LogP contribution is -2.29. The molecule has 5 heteroatoms. The Morgan fingerprint density at radius 3 is 2.42 bits per heavy atom. The molecule has 0 spiro atoms. The van der Waals surface area contributed by atoms with Crippen LogP contribution in [0.5, 0.6) is 11.5 Å². The summed E-state index contributed by atoms with van der Waals surface area (Å²) in [5, 5.41) is 9.55. The van der Waals surface area contributed by atoms with Crippen LogP contribution in [0.3, 0.4) is 0 Å². The van der Waals surface area contributed by atoms with Gasteiger partial charge in [-0.15, -0.1) is 0 Å². The van der Waals surface area contributed by atoms with Crippen LogP contribution in [0.25, 0.3) is 33.4 Å². The first-order valence-electron chi connectivity index (χ1n) is 10.7. The van der Waals surface area contributed by atoms with E-state index < -0.39 is 0 Å². The number of benzene rings is 3. The quantitative estimate of drug-likeness (QED) is 0.436. The van der Waals surface area contributed by atoms with Crippen LogP contribution in [-0.4, -0.2) is 27.3 Å². The smallest absolute Gasteiger partial charge is 0.161 e. The Labute approximate surface area is 181 Å². The van der Waals surface area contributed by atoms with Gasteiger partial charge in [0.2, 0.25) is 0 Å². The molecule has 5 rings (SSSR count). The molecule has 2 aliphatic heterocycles. The van der Waals surface area contributed by atoms with E-state index in [0.29, 0.717) is 22.6 Å². The lowest BCUT2D eigenvalue weighted by atomic mass is 9.93. The van der Waals surface area contributed by atoms with Crippen molar-refractivity contribution in [2.75, 3.05) is 32.2 Å². The van der Waals surface area contributed by atoms with E-state index in [0.717, 1.165) is 40.7 Å². The van der Waals surface area contributed by atoms with Crippen LogP contribution in [0, 0.1) is 5.41 Å². The van der Waals surface area contributed by atoms with Gasteiger partial charge in [0.1, 0.15) is 11.3 Å². The van der Waals surface area contributed by atoms with Crippen molar-refractivity contribution in [1.82, 2.24) is 0 Å². The third kappa shape index (κ3) is 3.50. The summed E-state index contributed by atoms with van der Waals surface area (Å²) in [6, 6.07) is 18.0. The van der Waals surface area contributed by atoms with E-state index in [-0.39, 0.29) is 0 Å². The van der Waals surface area contributed by atoms with Crippen LogP contribution < -0.4 is 19.7 Å². The first-order valence-corrected chi connectivity index (χ1v) is 10.7. The molecule has 31 heavy (non-hydrogen) atoms. The Hall–Kier alpha value is -3.47. The van der Waals surface area contributed by atoms with Gasteiger partial charge in [0, 0.05) is 47.4 Å². The van der Waals surface area contributed by atoms with Crippen molar-refractivity contribution in [2.24, 2.45) is 0 Å². The highest BCUT2D eigenvalue weighted by Crippen LogP contribution is 2.43. The summed E-state index contributed by atoms with van der Waals surface area (Å²) in [4.78, 5) is 2.43. The monoisotopic (exact) mass is 414 g/mol. The highest BCUT2D eigenvalue weighted by atomic mass is 16.5. The molecule has 1 N–H and O–H groups in total. The van der Waals surface area contributed by atoms with E-state index in [9.17, 15) is 0 Å². The van der Waals surface area contributed by atoms with E-state index in [2.05, 4.69) is 23.1 Å². The number of nitrogens with zero attached hydrogens (tertiary/aromatic N) is 1. The Bertz CT molecular complexity index is 1270. The summed E-state index contributed by atoms with van der Waals surface area (Å²) < 4.78 is 17.3. The highest BCUT2D eigenvalue weighted by Gasteiger charge is 2.20. The molecule has 2 heterocycles. The zero-order chi connectivity index (χ0) is 21.4. The SMILES string of the molecule is COc1ccc(-c2c3ccc(=N)cc-3oc3cc(N4CCCCC4)ccc23)cc1OC. The molecule has 0 bridgehead atoms. The van der Waals surface area contributed by atoms with Gasteiger partial charge in [-0.2, -0.15) is 0 Å². The molecule has 158 valence electrons. The topological polar surface area (TPSA) is 58.7 Å². The molecular formula is C26H26N2O3. The van der Waals surface area contributed by atoms with Gasteiger partial charge < -0.3 is 24.2 Å². The standard InChI is InChI=1S/C26H26N2O3/c1-29-22-11-6-17(14-25(22)30-2)26-20-9-7-18(27)15-23(20)31-24-16-19(8-10-21(24)26)28-12-4-3-5-13-28/h6-11,14-16,27H,3-5,12-13H2,1-2H3. The molecule has 0 amide bonds. The van der Waals surface area contributed by atoms with E-state index in [1.54, 1.807) is 26.4 Å². The van der Waals surface area contributed by atoms with Crippen molar-refractivity contribution in [3.8, 4) is 33.9 Å². The van der Waals surface area contributed by atoms with Crippen LogP contribution in [-0.2, 0) is 0 Å². The molecule has 5 nitrogen and oxygen atoms in total. The third-order valence-corrected chi connectivity index (χ3v) is 6.10. The fraction of sp³-hybridized carbons (Fsp3) is 0.269. The fourth-order valence-corrected chi connectivity index (χ4v) is 4.53. The number of hydrogen-bond acceptors (Lipinski definition) is 5. The summed E-state index contributed by atoms with van der Waals surface area (Å²) in [7, 11) is 3.29. The minimum Gasteiger partial charge on any atom is -0.493 e. The van der Waals surface area contributed by atoms with Gasteiger partial charge in [-0.25, -0.2) is 0 Å². The zero-order valence-electron chi connectivity index (χ0n) is 17.9. The van der Waals surface area contributed by atoms with Crippen molar-refractivity contribution < 1.29 is 13.9 Å². The van der Waals surface area contributed by atoms with Crippen molar-refractivity contribution in [3.05, 3.63) is 60.0 Å². The Morgan fingerprint density at radius 1 is 0.839 bits per heavy atom. The molecule has 1 aliphatic carbocycles. The van der Waals surface area contributed by atoms with Gasteiger partial charge in [0.05, 0.1) is 19.6 Å². The molecule has 0 atom stereocenters. The van der Waals surface area contributed by atoms with Crippen molar-refractivity contribution in [2.45, 2.75) is 19.3 Å². The maximum atomic E-state index is 8.08. The first kappa shape index (κ1) is 19.5. The molecule has 1 saturated heterocycles. The second kappa shape index (κ2) is 7.99. The van der Waals surface area contributed by atoms with Crippen LogP contribution in [0.1, 0.15) is 19.3 Å². The highest BCUT2D eigenvalue weighted by molar-refractivity contribution is 6.02. The number of methoxy groups -OCH3 is 2. The summed E-state index contributed by atoms with van der Waals surface area (Å²) in [5.74, 6) is 2.09. The average molecular weight is 415 g/mol.